The van der Waals surface area contributed by atoms with Crippen molar-refractivity contribution >= 4 is 53.3 Å². The third-order valence-corrected chi connectivity index (χ3v) is 7.41. The third-order valence-electron chi connectivity index (χ3n) is 3.22. The summed E-state index contributed by atoms with van der Waals surface area (Å²) in [5.74, 6) is 0. The Hall–Kier alpha value is -0.550. The molecule has 138 valence electrons. The summed E-state index contributed by atoms with van der Waals surface area (Å²) in [6, 6.07) is 5.80. The zero-order chi connectivity index (χ0) is 19.0. The van der Waals surface area contributed by atoms with E-state index in [0.717, 1.165) is 0 Å². The van der Waals surface area contributed by atoms with Crippen LogP contribution in [0.2, 0.25) is 5.02 Å². The van der Waals surface area contributed by atoms with Crippen LogP contribution in [0.25, 0.3) is 11.3 Å². The zero-order valence-electron chi connectivity index (χ0n) is 12.6. The first kappa shape index (κ1) is 20.8. The topological polar surface area (TPSA) is 48.3 Å². The fraction of sp³-hybridized carbons (Fsp3) is 0.286. The Morgan fingerprint density at radius 2 is 1.76 bits per heavy atom. The molecule has 0 N–H and O–H groups in total. The highest BCUT2D eigenvalue weighted by Gasteiger charge is 2.50. The molecule has 1 aromatic heterocycles. The van der Waals surface area contributed by atoms with Crippen LogP contribution >= 0.6 is 43.5 Å². The molecule has 11 heteroatoms. The summed E-state index contributed by atoms with van der Waals surface area (Å²) in [7, 11) is -5.61. The molecule has 1 heterocycles. The molecule has 1 aromatic carbocycles. The molecule has 0 radical (unpaired) electrons. The molecule has 0 saturated carbocycles. The van der Waals surface area contributed by atoms with Crippen molar-refractivity contribution in [3.05, 3.63) is 38.4 Å². The molecule has 0 aliphatic rings. The number of hydrogen-bond acceptors (Lipinski definition) is 3. The first-order valence-corrected chi connectivity index (χ1v) is 10.2. The standard InChI is InChI=1S/C14H11Br2ClF3NO3S/c1-2-24-7-21-11(8-3-5-9(17)6-4-8)12(10(15)13(21)16)25(22,23)14(18,19)20/h3-6H,2,7H2,1H3. The van der Waals surface area contributed by atoms with Gasteiger partial charge in [-0.2, -0.15) is 13.2 Å². The van der Waals surface area contributed by atoms with Crippen molar-refractivity contribution in [1.29, 1.82) is 0 Å². The van der Waals surface area contributed by atoms with Gasteiger partial charge in [0.05, 0.1) is 10.2 Å². The molecule has 0 fully saturated rings. The largest absolute Gasteiger partial charge is 0.502 e. The highest BCUT2D eigenvalue weighted by atomic mass is 79.9. The van der Waals surface area contributed by atoms with Gasteiger partial charge in [-0.3, -0.25) is 0 Å². The van der Waals surface area contributed by atoms with Gasteiger partial charge in [-0.1, -0.05) is 23.7 Å². The van der Waals surface area contributed by atoms with E-state index in [2.05, 4.69) is 31.9 Å². The maximum Gasteiger partial charge on any atom is 0.502 e. The molecule has 0 atom stereocenters. The lowest BCUT2D eigenvalue weighted by Gasteiger charge is -2.14. The number of sulfone groups is 1. The van der Waals surface area contributed by atoms with E-state index in [1.54, 1.807) is 6.92 Å². The fourth-order valence-electron chi connectivity index (χ4n) is 2.10. The predicted octanol–water partition coefficient (Wildman–Crippen LogP) is 5.62. The van der Waals surface area contributed by atoms with E-state index in [1.165, 1.54) is 28.8 Å². The average Bonchev–Trinajstić information content (AvgIpc) is 2.77. The minimum Gasteiger partial charge on any atom is -0.361 e. The molecule has 4 nitrogen and oxygen atoms in total. The average molecular weight is 526 g/mol. The molecular formula is C14H11Br2ClF3NO3S. The van der Waals surface area contributed by atoms with E-state index in [-0.39, 0.29) is 27.1 Å². The van der Waals surface area contributed by atoms with Crippen molar-refractivity contribution in [2.45, 2.75) is 24.1 Å². The number of ether oxygens (including phenoxy) is 1. The second-order valence-corrected chi connectivity index (χ2v) is 8.65. The Balaban J connectivity index is 2.85. The molecule has 0 amide bonds. The lowest BCUT2D eigenvalue weighted by atomic mass is 10.1. The number of aromatic nitrogens is 1. The van der Waals surface area contributed by atoms with Crippen molar-refractivity contribution in [2.75, 3.05) is 6.61 Å². The molecule has 2 aromatic rings. The monoisotopic (exact) mass is 523 g/mol. The molecule has 0 aliphatic heterocycles. The maximum atomic E-state index is 13.2. The normalized spacial score (nSPS) is 12.6. The van der Waals surface area contributed by atoms with E-state index >= 15 is 0 Å². The summed E-state index contributed by atoms with van der Waals surface area (Å²) >= 11 is 11.9. The number of hydrogen-bond donors (Lipinski definition) is 0. The van der Waals surface area contributed by atoms with Crippen LogP contribution in [0.1, 0.15) is 6.92 Å². The highest BCUT2D eigenvalue weighted by molar-refractivity contribution is 9.13. The van der Waals surface area contributed by atoms with Gasteiger partial charge in [-0.25, -0.2) is 8.42 Å². The van der Waals surface area contributed by atoms with Crippen molar-refractivity contribution < 1.29 is 26.3 Å². The summed E-state index contributed by atoms with van der Waals surface area (Å²) in [6.45, 7) is 1.87. The molecule has 0 unspecified atom stereocenters. The molecule has 0 bridgehead atoms. The first-order chi connectivity index (χ1) is 11.5. The molecule has 0 aliphatic carbocycles. The number of rotatable bonds is 5. The second kappa shape index (κ2) is 7.59. The summed E-state index contributed by atoms with van der Waals surface area (Å²) in [4.78, 5) is -0.881. The zero-order valence-corrected chi connectivity index (χ0v) is 17.3. The van der Waals surface area contributed by atoms with Crippen LogP contribution in [0.4, 0.5) is 13.2 Å². The Labute approximate surface area is 164 Å². The first-order valence-electron chi connectivity index (χ1n) is 6.74. The second-order valence-electron chi connectivity index (χ2n) is 4.79. The van der Waals surface area contributed by atoms with Crippen LogP contribution in [-0.4, -0.2) is 25.1 Å². The molecular weight excluding hydrogens is 514 g/mol. The summed E-state index contributed by atoms with van der Waals surface area (Å²) in [5.41, 5.74) is -5.35. The van der Waals surface area contributed by atoms with Crippen molar-refractivity contribution in [1.82, 2.24) is 4.57 Å². The summed E-state index contributed by atoms with van der Waals surface area (Å²) < 4.78 is 70.2. The van der Waals surface area contributed by atoms with Crippen molar-refractivity contribution in [3.8, 4) is 11.3 Å². The molecule has 0 spiro atoms. The highest BCUT2D eigenvalue weighted by Crippen LogP contribution is 2.45. The molecule has 2 rings (SSSR count). The van der Waals surface area contributed by atoms with E-state index < -0.39 is 20.2 Å². The lowest BCUT2D eigenvalue weighted by molar-refractivity contribution is -0.0436. The van der Waals surface area contributed by atoms with E-state index in [0.29, 0.717) is 11.6 Å². The quantitative estimate of drug-likeness (QED) is 0.509. The summed E-state index contributed by atoms with van der Waals surface area (Å²) in [5, 5.41) is 0.366. The third kappa shape index (κ3) is 3.92. The van der Waals surface area contributed by atoms with Crippen LogP contribution in [0.5, 0.6) is 0 Å². The van der Waals surface area contributed by atoms with Crippen molar-refractivity contribution in [3.63, 3.8) is 0 Å². The maximum absolute atomic E-state index is 13.2. The summed E-state index contributed by atoms with van der Waals surface area (Å²) in [6.07, 6.45) is 0. The SMILES string of the molecule is CCOCn1c(Br)c(Br)c(S(=O)(=O)C(F)(F)F)c1-c1ccc(Cl)cc1. The van der Waals surface area contributed by atoms with Gasteiger partial charge in [0.25, 0.3) is 9.84 Å². The van der Waals surface area contributed by atoms with Gasteiger partial charge in [0.1, 0.15) is 16.2 Å². The smallest absolute Gasteiger partial charge is 0.361 e. The van der Waals surface area contributed by atoms with Gasteiger partial charge in [-0.15, -0.1) is 0 Å². The van der Waals surface area contributed by atoms with Crippen molar-refractivity contribution in [2.24, 2.45) is 0 Å². The van der Waals surface area contributed by atoms with Crippen LogP contribution in [0.15, 0.2) is 38.2 Å². The van der Waals surface area contributed by atoms with Gasteiger partial charge in [-0.05, 0) is 56.5 Å². The lowest BCUT2D eigenvalue weighted by Crippen LogP contribution is -2.24. The van der Waals surface area contributed by atoms with Crippen LogP contribution in [0, 0.1) is 0 Å². The number of alkyl halides is 3. The van der Waals surface area contributed by atoms with Gasteiger partial charge < -0.3 is 9.30 Å². The Kier molecular flexibility index (Phi) is 6.31. The Morgan fingerprint density at radius 3 is 2.24 bits per heavy atom. The van der Waals surface area contributed by atoms with Gasteiger partial charge >= 0.3 is 5.51 Å². The number of benzene rings is 1. The van der Waals surface area contributed by atoms with Crippen LogP contribution < -0.4 is 0 Å². The minimum atomic E-state index is -5.61. The van der Waals surface area contributed by atoms with E-state index in [9.17, 15) is 21.6 Å². The minimum absolute atomic E-state index is 0.119. The van der Waals surface area contributed by atoms with E-state index in [4.69, 9.17) is 16.3 Å². The molecule has 0 saturated heterocycles. The van der Waals surface area contributed by atoms with Gasteiger partial charge in [0.2, 0.25) is 0 Å². The van der Waals surface area contributed by atoms with Gasteiger partial charge in [0.15, 0.2) is 0 Å². The predicted molar refractivity (Wildman–Crippen MR) is 95.1 cm³/mol. The Morgan fingerprint density at radius 1 is 1.20 bits per heavy atom. The van der Waals surface area contributed by atoms with Crippen LogP contribution in [-0.2, 0) is 21.3 Å². The number of halogens is 6. The Bertz CT molecular complexity index is 880. The van der Waals surface area contributed by atoms with Crippen LogP contribution in [0.3, 0.4) is 0 Å². The fourth-order valence-corrected chi connectivity index (χ4v) is 4.92. The molecule has 25 heavy (non-hydrogen) atoms. The van der Waals surface area contributed by atoms with Gasteiger partial charge in [0, 0.05) is 11.6 Å². The number of nitrogens with zero attached hydrogens (tertiary/aromatic N) is 1. The van der Waals surface area contributed by atoms with E-state index in [1.807, 2.05) is 0 Å².